The lowest BCUT2D eigenvalue weighted by atomic mass is 10.2. The van der Waals surface area contributed by atoms with Crippen molar-refractivity contribution >= 4 is 17.2 Å². The highest BCUT2D eigenvalue weighted by Crippen LogP contribution is 2.26. The van der Waals surface area contributed by atoms with Crippen molar-refractivity contribution in [2.24, 2.45) is 0 Å². The molecule has 2 heterocycles. The number of amides is 1. The number of thiophene rings is 1. The Bertz CT molecular complexity index is 422. The molecule has 0 aromatic carbocycles. The van der Waals surface area contributed by atoms with E-state index in [4.69, 9.17) is 4.74 Å². The number of nitrogens with zero attached hydrogens (tertiary/aromatic N) is 2. The molecule has 1 aliphatic heterocycles. The highest BCUT2D eigenvalue weighted by molar-refractivity contribution is 7.07. The Hall–Kier alpha value is -0.950. The van der Waals surface area contributed by atoms with Crippen LogP contribution in [0, 0.1) is 0 Å². The summed E-state index contributed by atoms with van der Waals surface area (Å²) >= 11 is 1.65. The first-order valence-electron chi connectivity index (χ1n) is 6.90. The standard InChI is InChI=1S/C14H23N3O2S/c1-11-14(18)17(6-8-19-7-5-16(2)3)13(15-11)12-4-9-20-10-12/h4,9-11,13,15H,5-8H2,1-3H3. The Labute approximate surface area is 124 Å². The average Bonchev–Trinajstić information content (AvgIpc) is 3.01. The van der Waals surface area contributed by atoms with Crippen LogP contribution >= 0.6 is 11.3 Å². The SMILES string of the molecule is CC1NC(c2ccsc2)N(CCOCCN(C)C)C1=O. The molecular weight excluding hydrogens is 274 g/mol. The van der Waals surface area contributed by atoms with Crippen molar-refractivity contribution in [2.45, 2.75) is 19.1 Å². The Morgan fingerprint density at radius 3 is 2.90 bits per heavy atom. The predicted molar refractivity (Wildman–Crippen MR) is 80.7 cm³/mol. The molecule has 0 spiro atoms. The lowest BCUT2D eigenvalue weighted by Gasteiger charge is -2.23. The maximum atomic E-state index is 12.2. The van der Waals surface area contributed by atoms with E-state index in [0.29, 0.717) is 19.8 Å². The third kappa shape index (κ3) is 3.79. The van der Waals surface area contributed by atoms with Crippen molar-refractivity contribution in [3.05, 3.63) is 22.4 Å². The van der Waals surface area contributed by atoms with Gasteiger partial charge in [0.05, 0.1) is 19.3 Å². The minimum absolute atomic E-state index is 0.0128. The second-order valence-electron chi connectivity index (χ2n) is 5.29. The van der Waals surface area contributed by atoms with Gasteiger partial charge in [0.1, 0.15) is 6.17 Å². The normalized spacial score (nSPS) is 23.0. The van der Waals surface area contributed by atoms with Gasteiger partial charge >= 0.3 is 0 Å². The largest absolute Gasteiger partial charge is 0.378 e. The number of carbonyl (C=O) groups excluding carboxylic acids is 1. The van der Waals surface area contributed by atoms with E-state index in [1.807, 2.05) is 31.3 Å². The molecule has 20 heavy (non-hydrogen) atoms. The maximum Gasteiger partial charge on any atom is 0.241 e. The van der Waals surface area contributed by atoms with Crippen LogP contribution in [0.15, 0.2) is 16.8 Å². The van der Waals surface area contributed by atoms with Gasteiger partial charge in [0, 0.05) is 13.1 Å². The maximum absolute atomic E-state index is 12.2. The van der Waals surface area contributed by atoms with Crippen LogP contribution in [0.5, 0.6) is 0 Å². The smallest absolute Gasteiger partial charge is 0.241 e. The average molecular weight is 297 g/mol. The summed E-state index contributed by atoms with van der Waals surface area (Å²) in [6, 6.07) is 1.94. The Kier molecular flexibility index (Phi) is 5.54. The number of hydrogen-bond acceptors (Lipinski definition) is 5. The van der Waals surface area contributed by atoms with Gasteiger partial charge in [-0.15, -0.1) is 0 Å². The second-order valence-corrected chi connectivity index (χ2v) is 6.07. The number of likely N-dealkylation sites (N-methyl/N-ethyl adjacent to an activating group) is 1. The zero-order valence-corrected chi connectivity index (χ0v) is 13.2. The number of ether oxygens (including phenoxy) is 1. The molecular formula is C14H23N3O2S. The molecule has 1 N–H and O–H groups in total. The van der Waals surface area contributed by atoms with E-state index in [-0.39, 0.29) is 18.1 Å². The lowest BCUT2D eigenvalue weighted by Crippen LogP contribution is -2.34. The Morgan fingerprint density at radius 1 is 1.45 bits per heavy atom. The van der Waals surface area contributed by atoms with Crippen LogP contribution in [0.2, 0.25) is 0 Å². The van der Waals surface area contributed by atoms with Crippen LogP contribution in [0.4, 0.5) is 0 Å². The van der Waals surface area contributed by atoms with Crippen molar-refractivity contribution in [3.63, 3.8) is 0 Å². The number of carbonyl (C=O) groups is 1. The molecule has 1 aromatic heterocycles. The van der Waals surface area contributed by atoms with E-state index in [1.54, 1.807) is 11.3 Å². The minimum Gasteiger partial charge on any atom is -0.378 e. The van der Waals surface area contributed by atoms with Gasteiger partial charge in [0.15, 0.2) is 0 Å². The van der Waals surface area contributed by atoms with E-state index in [2.05, 4.69) is 21.7 Å². The molecule has 2 atom stereocenters. The zero-order valence-electron chi connectivity index (χ0n) is 12.3. The fraction of sp³-hybridized carbons (Fsp3) is 0.643. The van der Waals surface area contributed by atoms with Crippen molar-refractivity contribution in [2.75, 3.05) is 40.4 Å². The van der Waals surface area contributed by atoms with Crippen LogP contribution < -0.4 is 5.32 Å². The highest BCUT2D eigenvalue weighted by atomic mass is 32.1. The number of nitrogens with one attached hydrogen (secondary N) is 1. The van der Waals surface area contributed by atoms with Gasteiger partial charge in [-0.3, -0.25) is 10.1 Å². The van der Waals surface area contributed by atoms with Gasteiger partial charge in [0.2, 0.25) is 5.91 Å². The summed E-state index contributed by atoms with van der Waals surface area (Å²) in [6.45, 7) is 4.71. The third-order valence-electron chi connectivity index (χ3n) is 3.39. The van der Waals surface area contributed by atoms with E-state index >= 15 is 0 Å². The molecule has 1 fully saturated rings. The summed E-state index contributed by atoms with van der Waals surface area (Å²) < 4.78 is 5.59. The number of rotatable bonds is 7. The Balaban J connectivity index is 1.85. The summed E-state index contributed by atoms with van der Waals surface area (Å²) in [4.78, 5) is 16.1. The number of hydrogen-bond donors (Lipinski definition) is 1. The molecule has 6 heteroatoms. The molecule has 0 aliphatic carbocycles. The first kappa shape index (κ1) is 15.4. The van der Waals surface area contributed by atoms with E-state index < -0.39 is 0 Å². The molecule has 5 nitrogen and oxygen atoms in total. The third-order valence-corrected chi connectivity index (χ3v) is 4.09. The fourth-order valence-electron chi connectivity index (χ4n) is 2.23. The summed E-state index contributed by atoms with van der Waals surface area (Å²) in [6.07, 6.45) is -0.0128. The molecule has 0 bridgehead atoms. The van der Waals surface area contributed by atoms with Crippen LogP contribution in [0.3, 0.4) is 0 Å². The molecule has 112 valence electrons. The zero-order chi connectivity index (χ0) is 14.5. The molecule has 0 radical (unpaired) electrons. The van der Waals surface area contributed by atoms with Crippen LogP contribution in [-0.2, 0) is 9.53 Å². The van der Waals surface area contributed by atoms with E-state index in [0.717, 1.165) is 12.1 Å². The molecule has 2 rings (SSSR count). The molecule has 2 unspecified atom stereocenters. The summed E-state index contributed by atoms with van der Waals surface area (Å²) in [7, 11) is 4.04. The van der Waals surface area contributed by atoms with Crippen molar-refractivity contribution in [1.82, 2.24) is 15.1 Å². The van der Waals surface area contributed by atoms with Crippen LogP contribution in [-0.4, -0.2) is 62.1 Å². The molecule has 1 aromatic rings. The van der Waals surface area contributed by atoms with Gasteiger partial charge in [0.25, 0.3) is 0 Å². The van der Waals surface area contributed by atoms with Gasteiger partial charge in [-0.1, -0.05) is 0 Å². The minimum atomic E-state index is -0.123. The fourth-order valence-corrected chi connectivity index (χ4v) is 2.91. The van der Waals surface area contributed by atoms with E-state index in [9.17, 15) is 4.79 Å². The monoisotopic (exact) mass is 297 g/mol. The summed E-state index contributed by atoms with van der Waals surface area (Å²) in [5.74, 6) is 0.150. The van der Waals surface area contributed by atoms with Gasteiger partial charge in [-0.25, -0.2) is 0 Å². The highest BCUT2D eigenvalue weighted by Gasteiger charge is 2.36. The Morgan fingerprint density at radius 2 is 2.25 bits per heavy atom. The first-order chi connectivity index (χ1) is 9.59. The van der Waals surface area contributed by atoms with Gasteiger partial charge in [-0.05, 0) is 43.4 Å². The quantitative estimate of drug-likeness (QED) is 0.767. The van der Waals surface area contributed by atoms with Crippen LogP contribution in [0.25, 0.3) is 0 Å². The molecule has 1 saturated heterocycles. The van der Waals surface area contributed by atoms with Gasteiger partial charge in [-0.2, -0.15) is 11.3 Å². The predicted octanol–water partition coefficient (Wildman–Crippen LogP) is 1.15. The molecule has 1 amide bonds. The topological polar surface area (TPSA) is 44.8 Å². The van der Waals surface area contributed by atoms with E-state index in [1.165, 1.54) is 0 Å². The lowest BCUT2D eigenvalue weighted by molar-refractivity contribution is -0.130. The first-order valence-corrected chi connectivity index (χ1v) is 7.85. The van der Waals surface area contributed by atoms with Crippen molar-refractivity contribution in [3.8, 4) is 0 Å². The van der Waals surface area contributed by atoms with Gasteiger partial charge < -0.3 is 14.5 Å². The summed E-state index contributed by atoms with van der Waals surface area (Å²) in [5, 5.41) is 7.46. The van der Waals surface area contributed by atoms with Crippen LogP contribution in [0.1, 0.15) is 18.7 Å². The molecule has 0 saturated carbocycles. The van der Waals surface area contributed by atoms with Crippen molar-refractivity contribution in [1.29, 1.82) is 0 Å². The second kappa shape index (κ2) is 7.17. The van der Waals surface area contributed by atoms with Crippen molar-refractivity contribution < 1.29 is 9.53 Å². The summed E-state index contributed by atoms with van der Waals surface area (Å²) in [5.41, 5.74) is 1.15. The molecule has 1 aliphatic rings.